The van der Waals surface area contributed by atoms with Crippen LogP contribution in [0.1, 0.15) is 6.42 Å². The number of hydrogen-bond donors (Lipinski definition) is 3. The molecule has 0 radical (unpaired) electrons. The van der Waals surface area contributed by atoms with Gasteiger partial charge in [0.15, 0.2) is 0 Å². The molecular formula is C12H15N3O3. The van der Waals surface area contributed by atoms with Crippen LogP contribution in [0.3, 0.4) is 0 Å². The molecule has 96 valence electrons. The Hall–Kier alpha value is -2.08. The van der Waals surface area contributed by atoms with Crippen molar-refractivity contribution in [2.75, 3.05) is 17.7 Å². The number of methoxy groups -OCH3 is 1. The molecule has 0 bridgehead atoms. The molecule has 2 rings (SSSR count). The van der Waals surface area contributed by atoms with Crippen molar-refractivity contribution < 1.29 is 14.3 Å². The van der Waals surface area contributed by atoms with Gasteiger partial charge in [-0.1, -0.05) is 6.07 Å². The van der Waals surface area contributed by atoms with Crippen molar-refractivity contribution in [1.82, 2.24) is 0 Å². The second-order valence-electron chi connectivity index (χ2n) is 4.19. The van der Waals surface area contributed by atoms with E-state index in [1.165, 1.54) is 7.11 Å². The lowest BCUT2D eigenvalue weighted by molar-refractivity contribution is -0.117. The number of carbonyl (C=O) groups is 2. The van der Waals surface area contributed by atoms with E-state index in [2.05, 4.69) is 15.4 Å². The van der Waals surface area contributed by atoms with E-state index in [0.29, 0.717) is 11.4 Å². The van der Waals surface area contributed by atoms with Gasteiger partial charge in [0.2, 0.25) is 5.91 Å². The minimum Gasteiger partial charge on any atom is -0.453 e. The van der Waals surface area contributed by atoms with Gasteiger partial charge in [0, 0.05) is 17.4 Å². The van der Waals surface area contributed by atoms with Crippen molar-refractivity contribution in [1.29, 1.82) is 0 Å². The van der Waals surface area contributed by atoms with Crippen LogP contribution in [0.25, 0.3) is 0 Å². The van der Waals surface area contributed by atoms with Crippen molar-refractivity contribution in [2.45, 2.75) is 12.5 Å². The number of carbonyl (C=O) groups excluding carboxylic acids is 2. The van der Waals surface area contributed by atoms with E-state index in [4.69, 9.17) is 5.73 Å². The largest absolute Gasteiger partial charge is 0.453 e. The summed E-state index contributed by atoms with van der Waals surface area (Å²) in [7, 11) is 1.29. The molecule has 1 aromatic rings. The quantitative estimate of drug-likeness (QED) is 0.749. The normalized spacial score (nSPS) is 21.0. The molecule has 2 unspecified atom stereocenters. The van der Waals surface area contributed by atoms with Crippen LogP contribution >= 0.6 is 0 Å². The third kappa shape index (κ3) is 2.98. The highest BCUT2D eigenvalue weighted by Gasteiger charge is 2.39. The Morgan fingerprint density at radius 3 is 2.50 bits per heavy atom. The van der Waals surface area contributed by atoms with E-state index < -0.39 is 6.09 Å². The Bertz CT molecular complexity index is 475. The van der Waals surface area contributed by atoms with E-state index in [0.717, 1.165) is 6.42 Å². The van der Waals surface area contributed by atoms with Crippen molar-refractivity contribution in [3.63, 3.8) is 0 Å². The fourth-order valence-electron chi connectivity index (χ4n) is 1.59. The van der Waals surface area contributed by atoms with Crippen LogP contribution in [0, 0.1) is 5.92 Å². The van der Waals surface area contributed by atoms with Crippen molar-refractivity contribution in [3.8, 4) is 0 Å². The summed E-state index contributed by atoms with van der Waals surface area (Å²) in [4.78, 5) is 22.7. The van der Waals surface area contributed by atoms with Gasteiger partial charge in [-0.25, -0.2) is 4.79 Å². The van der Waals surface area contributed by atoms with Gasteiger partial charge >= 0.3 is 6.09 Å². The van der Waals surface area contributed by atoms with Gasteiger partial charge in [0.25, 0.3) is 0 Å². The van der Waals surface area contributed by atoms with E-state index in [1.807, 2.05) is 0 Å². The van der Waals surface area contributed by atoms with Gasteiger partial charge in [0.05, 0.1) is 13.0 Å². The minimum absolute atomic E-state index is 0.0265. The average Bonchev–Trinajstić information content (AvgIpc) is 3.07. The monoisotopic (exact) mass is 249 g/mol. The summed E-state index contributed by atoms with van der Waals surface area (Å²) in [6, 6.07) is 6.81. The Kier molecular flexibility index (Phi) is 3.47. The first-order valence-corrected chi connectivity index (χ1v) is 5.61. The predicted octanol–water partition coefficient (Wildman–Crippen LogP) is 1.15. The minimum atomic E-state index is -0.553. The van der Waals surface area contributed by atoms with Gasteiger partial charge in [-0.3, -0.25) is 10.1 Å². The Balaban J connectivity index is 1.98. The van der Waals surface area contributed by atoms with Crippen LogP contribution in [0.2, 0.25) is 0 Å². The van der Waals surface area contributed by atoms with E-state index >= 15 is 0 Å². The molecule has 4 N–H and O–H groups in total. The highest BCUT2D eigenvalue weighted by atomic mass is 16.5. The molecule has 2 amide bonds. The molecule has 1 aliphatic carbocycles. The zero-order chi connectivity index (χ0) is 13.1. The van der Waals surface area contributed by atoms with E-state index in [1.54, 1.807) is 24.3 Å². The van der Waals surface area contributed by atoms with E-state index in [-0.39, 0.29) is 17.9 Å². The number of ether oxygens (including phenoxy) is 1. The number of amides is 2. The highest BCUT2D eigenvalue weighted by Crippen LogP contribution is 2.29. The molecule has 1 fully saturated rings. The van der Waals surface area contributed by atoms with Crippen LogP contribution in [0.5, 0.6) is 0 Å². The molecule has 0 heterocycles. The second-order valence-corrected chi connectivity index (χ2v) is 4.19. The number of anilines is 2. The topological polar surface area (TPSA) is 93.5 Å². The molecule has 0 spiro atoms. The lowest BCUT2D eigenvalue weighted by atomic mass is 10.2. The Labute approximate surface area is 104 Å². The van der Waals surface area contributed by atoms with Crippen LogP contribution < -0.4 is 16.4 Å². The first-order chi connectivity index (χ1) is 8.60. The summed E-state index contributed by atoms with van der Waals surface area (Å²) in [5.74, 6) is -0.181. The molecule has 2 atom stereocenters. The molecule has 18 heavy (non-hydrogen) atoms. The summed E-state index contributed by atoms with van der Waals surface area (Å²) in [5, 5.41) is 5.28. The number of rotatable bonds is 3. The molecule has 1 aliphatic rings. The zero-order valence-corrected chi connectivity index (χ0v) is 9.97. The van der Waals surface area contributed by atoms with Gasteiger partial charge in [0.1, 0.15) is 0 Å². The Morgan fingerprint density at radius 2 is 1.94 bits per heavy atom. The molecule has 0 aromatic heterocycles. The first-order valence-electron chi connectivity index (χ1n) is 5.61. The number of hydrogen-bond acceptors (Lipinski definition) is 4. The van der Waals surface area contributed by atoms with Gasteiger partial charge in [-0.05, 0) is 24.6 Å². The highest BCUT2D eigenvalue weighted by molar-refractivity contribution is 5.95. The summed E-state index contributed by atoms with van der Waals surface area (Å²) >= 11 is 0. The second kappa shape index (κ2) is 5.05. The van der Waals surface area contributed by atoms with Gasteiger partial charge < -0.3 is 15.8 Å². The fraction of sp³-hybridized carbons (Fsp3) is 0.333. The van der Waals surface area contributed by atoms with Crippen molar-refractivity contribution in [2.24, 2.45) is 11.7 Å². The smallest absolute Gasteiger partial charge is 0.411 e. The molecule has 0 saturated heterocycles. The van der Waals surface area contributed by atoms with Crippen LogP contribution in [-0.4, -0.2) is 25.2 Å². The van der Waals surface area contributed by atoms with Crippen LogP contribution in [0.4, 0.5) is 16.2 Å². The zero-order valence-electron chi connectivity index (χ0n) is 9.97. The summed E-state index contributed by atoms with van der Waals surface area (Å²) in [6.07, 6.45) is 0.175. The van der Waals surface area contributed by atoms with Crippen LogP contribution in [0.15, 0.2) is 24.3 Å². The predicted molar refractivity (Wildman–Crippen MR) is 67.2 cm³/mol. The fourth-order valence-corrected chi connectivity index (χ4v) is 1.59. The third-order valence-electron chi connectivity index (χ3n) is 2.74. The maximum Gasteiger partial charge on any atom is 0.411 e. The number of benzene rings is 1. The van der Waals surface area contributed by atoms with E-state index in [9.17, 15) is 9.59 Å². The lowest BCUT2D eigenvalue weighted by Gasteiger charge is -2.07. The van der Waals surface area contributed by atoms with Crippen molar-refractivity contribution in [3.05, 3.63) is 24.3 Å². The van der Waals surface area contributed by atoms with Crippen LogP contribution in [-0.2, 0) is 9.53 Å². The number of nitrogens with one attached hydrogen (secondary N) is 2. The SMILES string of the molecule is COC(=O)Nc1cccc(NC(=O)C2CC2N)c1. The number of nitrogens with two attached hydrogens (primary N) is 1. The van der Waals surface area contributed by atoms with Gasteiger partial charge in [-0.2, -0.15) is 0 Å². The molecule has 6 nitrogen and oxygen atoms in total. The summed E-state index contributed by atoms with van der Waals surface area (Å²) in [6.45, 7) is 0. The standard InChI is InChI=1S/C12H15N3O3/c1-18-12(17)15-8-4-2-3-7(5-8)14-11(16)9-6-10(9)13/h2-5,9-10H,6,13H2,1H3,(H,14,16)(H,15,17). The lowest BCUT2D eigenvalue weighted by Crippen LogP contribution is -2.18. The molecule has 0 aliphatic heterocycles. The maximum atomic E-state index is 11.7. The molecule has 1 aromatic carbocycles. The molecule has 6 heteroatoms. The Morgan fingerprint density at radius 1 is 1.33 bits per heavy atom. The first kappa shape index (κ1) is 12.4. The summed E-state index contributed by atoms with van der Waals surface area (Å²) < 4.78 is 4.48. The third-order valence-corrected chi connectivity index (χ3v) is 2.74. The average molecular weight is 249 g/mol. The maximum absolute atomic E-state index is 11.7. The van der Waals surface area contributed by atoms with Crippen molar-refractivity contribution >= 4 is 23.4 Å². The molecule has 1 saturated carbocycles. The van der Waals surface area contributed by atoms with Gasteiger partial charge in [-0.15, -0.1) is 0 Å². The molecular weight excluding hydrogens is 234 g/mol. The summed E-state index contributed by atoms with van der Waals surface area (Å²) in [5.41, 5.74) is 6.77.